The molecule has 3 aromatic rings. The van der Waals surface area contributed by atoms with E-state index in [9.17, 15) is 0 Å². The molecular formula is C26H26N2O3. The van der Waals surface area contributed by atoms with E-state index in [-0.39, 0.29) is 12.3 Å². The van der Waals surface area contributed by atoms with Crippen molar-refractivity contribution in [2.75, 3.05) is 13.7 Å². The van der Waals surface area contributed by atoms with Crippen LogP contribution in [0.5, 0.6) is 17.2 Å². The average Bonchev–Trinajstić information content (AvgIpc) is 3.28. The molecular weight excluding hydrogens is 388 g/mol. The second kappa shape index (κ2) is 8.34. The SMILES string of the molecule is CCCOc1ccc([C@H]2Oc3ccccc3[C@H]3CC(c4ccc(OC)cc4)=NN32)cc1. The first kappa shape index (κ1) is 19.5. The van der Waals surface area contributed by atoms with Gasteiger partial charge in [0.25, 0.3) is 0 Å². The summed E-state index contributed by atoms with van der Waals surface area (Å²) in [5.41, 5.74) is 4.40. The van der Waals surface area contributed by atoms with Gasteiger partial charge in [0, 0.05) is 17.5 Å². The summed E-state index contributed by atoms with van der Waals surface area (Å²) in [5, 5.41) is 7.12. The molecule has 31 heavy (non-hydrogen) atoms. The minimum Gasteiger partial charge on any atom is -0.497 e. The largest absolute Gasteiger partial charge is 0.497 e. The van der Waals surface area contributed by atoms with Gasteiger partial charge in [-0.05, 0) is 66.6 Å². The third-order valence-electron chi connectivity index (χ3n) is 5.76. The van der Waals surface area contributed by atoms with Crippen molar-refractivity contribution in [2.24, 2.45) is 5.10 Å². The number of nitrogens with zero attached hydrogens (tertiary/aromatic N) is 2. The van der Waals surface area contributed by atoms with E-state index < -0.39 is 0 Å². The van der Waals surface area contributed by atoms with E-state index in [1.54, 1.807) is 7.11 Å². The highest BCUT2D eigenvalue weighted by atomic mass is 16.5. The summed E-state index contributed by atoms with van der Waals surface area (Å²) in [6, 6.07) is 24.7. The van der Waals surface area contributed by atoms with Gasteiger partial charge in [0.2, 0.25) is 6.23 Å². The van der Waals surface area contributed by atoms with Gasteiger partial charge in [-0.2, -0.15) is 5.10 Å². The first-order valence-corrected chi connectivity index (χ1v) is 10.8. The Hall–Kier alpha value is -3.47. The van der Waals surface area contributed by atoms with E-state index in [2.05, 4.69) is 48.3 Å². The highest BCUT2D eigenvalue weighted by Crippen LogP contribution is 2.47. The Bertz CT molecular complexity index is 1080. The number of para-hydroxylation sites is 1. The van der Waals surface area contributed by atoms with Crippen molar-refractivity contribution in [3.63, 3.8) is 0 Å². The van der Waals surface area contributed by atoms with Gasteiger partial charge in [0.15, 0.2) is 0 Å². The number of hydrogen-bond acceptors (Lipinski definition) is 5. The van der Waals surface area contributed by atoms with E-state index in [0.717, 1.165) is 53.5 Å². The van der Waals surface area contributed by atoms with Crippen molar-refractivity contribution in [2.45, 2.75) is 32.0 Å². The zero-order chi connectivity index (χ0) is 21.2. The molecule has 0 aromatic heterocycles. The lowest BCUT2D eigenvalue weighted by molar-refractivity contribution is -0.0190. The summed E-state index contributed by atoms with van der Waals surface area (Å²) in [4.78, 5) is 0. The van der Waals surface area contributed by atoms with Crippen molar-refractivity contribution >= 4 is 5.71 Å². The van der Waals surface area contributed by atoms with Crippen molar-refractivity contribution in [1.82, 2.24) is 5.01 Å². The van der Waals surface area contributed by atoms with Crippen LogP contribution in [-0.2, 0) is 0 Å². The van der Waals surface area contributed by atoms with E-state index in [4.69, 9.17) is 19.3 Å². The van der Waals surface area contributed by atoms with Crippen LogP contribution >= 0.6 is 0 Å². The Morgan fingerprint density at radius 2 is 1.71 bits per heavy atom. The zero-order valence-electron chi connectivity index (χ0n) is 17.8. The molecule has 0 fully saturated rings. The summed E-state index contributed by atoms with van der Waals surface area (Å²) in [5.74, 6) is 2.64. The molecule has 0 unspecified atom stereocenters. The predicted octanol–water partition coefficient (Wildman–Crippen LogP) is 5.73. The number of rotatable bonds is 6. The molecule has 5 heteroatoms. The maximum atomic E-state index is 6.43. The minimum atomic E-state index is -0.282. The second-order valence-corrected chi connectivity index (χ2v) is 7.80. The molecule has 0 bridgehead atoms. The van der Waals surface area contributed by atoms with Gasteiger partial charge in [-0.3, -0.25) is 0 Å². The molecule has 0 aliphatic carbocycles. The molecule has 2 aliphatic heterocycles. The molecule has 158 valence electrons. The van der Waals surface area contributed by atoms with E-state index in [1.807, 2.05) is 36.4 Å². The molecule has 2 atom stereocenters. The first-order valence-electron chi connectivity index (χ1n) is 10.8. The van der Waals surface area contributed by atoms with E-state index in [1.165, 1.54) is 5.56 Å². The molecule has 3 aromatic carbocycles. The average molecular weight is 415 g/mol. The van der Waals surface area contributed by atoms with Crippen LogP contribution in [0.4, 0.5) is 0 Å². The van der Waals surface area contributed by atoms with Gasteiger partial charge in [0.05, 0.1) is 25.5 Å². The molecule has 0 radical (unpaired) electrons. The van der Waals surface area contributed by atoms with Crippen LogP contribution < -0.4 is 14.2 Å². The van der Waals surface area contributed by atoms with Crippen LogP contribution in [-0.4, -0.2) is 24.4 Å². The Morgan fingerprint density at radius 1 is 0.968 bits per heavy atom. The quantitative estimate of drug-likeness (QED) is 0.517. The fourth-order valence-corrected chi connectivity index (χ4v) is 4.16. The Labute approximate surface area is 182 Å². The fraction of sp³-hybridized carbons (Fsp3) is 0.269. The zero-order valence-corrected chi connectivity index (χ0v) is 17.8. The summed E-state index contributed by atoms with van der Waals surface area (Å²) in [7, 11) is 1.68. The molecule has 2 aliphatic rings. The van der Waals surface area contributed by atoms with Crippen molar-refractivity contribution in [3.8, 4) is 17.2 Å². The standard InChI is InChI=1S/C26H26N2O3/c1-3-16-30-21-14-10-19(11-15-21)26-28-24(22-6-4-5-7-25(22)31-26)17-23(27-28)18-8-12-20(29-2)13-9-18/h4-15,24,26H,3,16-17H2,1-2H3/t24-,26-/m1/s1. The fourth-order valence-electron chi connectivity index (χ4n) is 4.16. The number of benzene rings is 3. The number of ether oxygens (including phenoxy) is 3. The molecule has 0 saturated heterocycles. The van der Waals surface area contributed by atoms with Gasteiger partial charge in [-0.1, -0.05) is 25.1 Å². The van der Waals surface area contributed by atoms with Crippen molar-refractivity contribution in [1.29, 1.82) is 0 Å². The predicted molar refractivity (Wildman–Crippen MR) is 121 cm³/mol. The van der Waals surface area contributed by atoms with Crippen LogP contribution in [0.15, 0.2) is 77.9 Å². The topological polar surface area (TPSA) is 43.3 Å². The lowest BCUT2D eigenvalue weighted by Crippen LogP contribution is -2.33. The lowest BCUT2D eigenvalue weighted by atomic mass is 9.96. The van der Waals surface area contributed by atoms with Crippen LogP contribution in [0.25, 0.3) is 0 Å². The van der Waals surface area contributed by atoms with Gasteiger partial charge < -0.3 is 14.2 Å². The Morgan fingerprint density at radius 3 is 2.45 bits per heavy atom. The molecule has 0 N–H and O–H groups in total. The first-order chi connectivity index (χ1) is 15.3. The lowest BCUT2D eigenvalue weighted by Gasteiger charge is -2.38. The monoisotopic (exact) mass is 414 g/mol. The smallest absolute Gasteiger partial charge is 0.213 e. The summed E-state index contributed by atoms with van der Waals surface area (Å²) in [6.07, 6.45) is 1.54. The summed E-state index contributed by atoms with van der Waals surface area (Å²) in [6.45, 7) is 2.82. The highest BCUT2D eigenvalue weighted by Gasteiger charge is 2.40. The second-order valence-electron chi connectivity index (χ2n) is 7.80. The number of methoxy groups -OCH3 is 1. The maximum Gasteiger partial charge on any atom is 0.213 e. The Kier molecular flexibility index (Phi) is 5.24. The summed E-state index contributed by atoms with van der Waals surface area (Å²) >= 11 is 0. The molecule has 5 nitrogen and oxygen atoms in total. The number of hydrogen-bond donors (Lipinski definition) is 0. The number of fused-ring (bicyclic) bond motifs is 3. The van der Waals surface area contributed by atoms with Crippen molar-refractivity contribution < 1.29 is 14.2 Å². The van der Waals surface area contributed by atoms with Crippen LogP contribution in [0, 0.1) is 0 Å². The molecule has 5 rings (SSSR count). The number of hydrazone groups is 1. The summed E-state index contributed by atoms with van der Waals surface area (Å²) < 4.78 is 17.5. The highest BCUT2D eigenvalue weighted by molar-refractivity contribution is 6.02. The van der Waals surface area contributed by atoms with Gasteiger partial charge in [0.1, 0.15) is 17.2 Å². The Balaban J connectivity index is 1.48. The van der Waals surface area contributed by atoms with Crippen molar-refractivity contribution in [3.05, 3.63) is 89.5 Å². The van der Waals surface area contributed by atoms with Gasteiger partial charge >= 0.3 is 0 Å². The van der Waals surface area contributed by atoms with Crippen LogP contribution in [0.1, 0.15) is 48.7 Å². The van der Waals surface area contributed by atoms with E-state index >= 15 is 0 Å². The van der Waals surface area contributed by atoms with Gasteiger partial charge in [-0.25, -0.2) is 5.01 Å². The molecule has 0 saturated carbocycles. The molecule has 0 amide bonds. The maximum absolute atomic E-state index is 6.43. The molecule has 2 heterocycles. The normalized spacial score (nSPS) is 19.2. The van der Waals surface area contributed by atoms with E-state index in [0.29, 0.717) is 0 Å². The minimum absolute atomic E-state index is 0.142. The molecule has 0 spiro atoms. The van der Waals surface area contributed by atoms with Gasteiger partial charge in [-0.15, -0.1) is 0 Å². The van der Waals surface area contributed by atoms with Crippen LogP contribution in [0.2, 0.25) is 0 Å². The third kappa shape index (κ3) is 3.72. The third-order valence-corrected chi connectivity index (χ3v) is 5.76. The van der Waals surface area contributed by atoms with Crippen LogP contribution in [0.3, 0.4) is 0 Å².